The largest absolute Gasteiger partial charge is 0.459 e. The Morgan fingerprint density at radius 3 is 2.90 bits per heavy atom. The SMILES string of the molecule is Cc1cc(C(=O)OCc2nnc(-c3ccco3)o2)c(C)s1. The summed E-state index contributed by atoms with van der Waals surface area (Å²) in [6.07, 6.45) is 1.51. The van der Waals surface area contributed by atoms with E-state index in [9.17, 15) is 4.79 Å². The fourth-order valence-electron chi connectivity index (χ4n) is 1.85. The fraction of sp³-hybridized carbons (Fsp3) is 0.214. The number of rotatable bonds is 4. The first-order valence-electron chi connectivity index (χ1n) is 6.24. The summed E-state index contributed by atoms with van der Waals surface area (Å²) in [7, 11) is 0. The number of hydrogen-bond acceptors (Lipinski definition) is 7. The lowest BCUT2D eigenvalue weighted by Crippen LogP contribution is -2.05. The molecule has 0 fully saturated rings. The van der Waals surface area contributed by atoms with E-state index in [-0.39, 0.29) is 18.4 Å². The molecule has 0 aromatic carbocycles. The molecule has 0 atom stereocenters. The number of esters is 1. The molecule has 0 bridgehead atoms. The van der Waals surface area contributed by atoms with E-state index in [4.69, 9.17) is 13.6 Å². The van der Waals surface area contributed by atoms with Gasteiger partial charge in [-0.1, -0.05) is 0 Å². The Bertz CT molecular complexity index is 758. The fourth-order valence-corrected chi connectivity index (χ4v) is 2.76. The monoisotopic (exact) mass is 304 g/mol. The Morgan fingerprint density at radius 1 is 1.38 bits per heavy atom. The number of furan rings is 1. The highest BCUT2D eigenvalue weighted by molar-refractivity contribution is 7.12. The molecule has 0 aliphatic heterocycles. The van der Waals surface area contributed by atoms with Crippen LogP contribution in [-0.4, -0.2) is 16.2 Å². The second-order valence-corrected chi connectivity index (χ2v) is 5.84. The van der Waals surface area contributed by atoms with Crippen LogP contribution in [-0.2, 0) is 11.3 Å². The van der Waals surface area contributed by atoms with Crippen molar-refractivity contribution < 1.29 is 18.4 Å². The van der Waals surface area contributed by atoms with Gasteiger partial charge in [-0.2, -0.15) is 0 Å². The maximum Gasteiger partial charge on any atom is 0.339 e. The second kappa shape index (κ2) is 5.53. The van der Waals surface area contributed by atoms with Crippen molar-refractivity contribution in [2.45, 2.75) is 20.5 Å². The quantitative estimate of drug-likeness (QED) is 0.688. The predicted molar refractivity (Wildman–Crippen MR) is 74.9 cm³/mol. The van der Waals surface area contributed by atoms with Crippen LogP contribution in [0.15, 0.2) is 33.3 Å². The second-order valence-electron chi connectivity index (χ2n) is 4.38. The summed E-state index contributed by atoms with van der Waals surface area (Å²) in [6.45, 7) is 3.76. The predicted octanol–water partition coefficient (Wildman–Crippen LogP) is 3.36. The number of nitrogens with zero attached hydrogens (tertiary/aromatic N) is 2. The lowest BCUT2D eigenvalue weighted by Gasteiger charge is -2.00. The van der Waals surface area contributed by atoms with Gasteiger partial charge in [-0.05, 0) is 32.0 Å². The molecule has 3 rings (SSSR count). The van der Waals surface area contributed by atoms with E-state index in [0.717, 1.165) is 9.75 Å². The Kier molecular flexibility index (Phi) is 3.57. The summed E-state index contributed by atoms with van der Waals surface area (Å²) in [5.41, 5.74) is 0.572. The molecular formula is C14H12N2O4S. The molecule has 0 unspecified atom stereocenters. The van der Waals surface area contributed by atoms with Crippen LogP contribution in [0.3, 0.4) is 0 Å². The van der Waals surface area contributed by atoms with E-state index < -0.39 is 5.97 Å². The molecule has 6 nitrogen and oxygen atoms in total. The molecule has 7 heteroatoms. The molecule has 0 amide bonds. The van der Waals surface area contributed by atoms with E-state index in [0.29, 0.717) is 11.3 Å². The summed E-state index contributed by atoms with van der Waals surface area (Å²) < 4.78 is 15.7. The Labute approximate surface area is 124 Å². The molecule has 0 spiro atoms. The molecule has 108 valence electrons. The standard InChI is InChI=1S/C14H12N2O4S/c1-8-6-10(9(2)21-8)14(17)19-7-12-15-16-13(20-12)11-4-3-5-18-11/h3-6H,7H2,1-2H3. The minimum Gasteiger partial charge on any atom is -0.459 e. The van der Waals surface area contributed by atoms with Crippen molar-refractivity contribution in [2.75, 3.05) is 0 Å². The van der Waals surface area contributed by atoms with Crippen LogP contribution in [0.5, 0.6) is 0 Å². The summed E-state index contributed by atoms with van der Waals surface area (Å²) in [5.74, 6) is 0.562. The molecule has 0 N–H and O–H groups in total. The van der Waals surface area contributed by atoms with Crippen molar-refractivity contribution in [3.8, 4) is 11.7 Å². The van der Waals surface area contributed by atoms with Crippen molar-refractivity contribution in [1.82, 2.24) is 10.2 Å². The van der Waals surface area contributed by atoms with Crippen molar-refractivity contribution in [3.05, 3.63) is 45.7 Å². The lowest BCUT2D eigenvalue weighted by atomic mass is 10.2. The average Bonchev–Trinajstić information content (AvgIpc) is 3.15. The number of carbonyl (C=O) groups is 1. The van der Waals surface area contributed by atoms with Gasteiger partial charge in [0.2, 0.25) is 0 Å². The zero-order valence-electron chi connectivity index (χ0n) is 11.5. The summed E-state index contributed by atoms with van der Waals surface area (Å²) in [5, 5.41) is 7.65. The van der Waals surface area contributed by atoms with Crippen molar-refractivity contribution in [2.24, 2.45) is 0 Å². The maximum absolute atomic E-state index is 12.0. The van der Waals surface area contributed by atoms with Gasteiger partial charge in [0.15, 0.2) is 12.4 Å². The number of thiophene rings is 1. The minimum atomic E-state index is -0.394. The van der Waals surface area contributed by atoms with Crippen molar-refractivity contribution >= 4 is 17.3 Å². The van der Waals surface area contributed by atoms with Gasteiger partial charge < -0.3 is 13.6 Å². The first-order valence-corrected chi connectivity index (χ1v) is 7.05. The third-order valence-corrected chi connectivity index (χ3v) is 3.75. The lowest BCUT2D eigenvalue weighted by molar-refractivity contribution is 0.0438. The molecular weight excluding hydrogens is 292 g/mol. The minimum absolute atomic E-state index is 0.0686. The zero-order valence-corrected chi connectivity index (χ0v) is 12.3. The Balaban J connectivity index is 1.65. The van der Waals surface area contributed by atoms with Crippen LogP contribution in [0.25, 0.3) is 11.7 Å². The number of aromatic nitrogens is 2. The molecule has 3 heterocycles. The van der Waals surface area contributed by atoms with Gasteiger partial charge in [0, 0.05) is 9.75 Å². The van der Waals surface area contributed by atoms with Crippen LogP contribution >= 0.6 is 11.3 Å². The van der Waals surface area contributed by atoms with E-state index in [1.165, 1.54) is 6.26 Å². The summed E-state index contributed by atoms with van der Waals surface area (Å²) in [6, 6.07) is 5.24. The van der Waals surface area contributed by atoms with Gasteiger partial charge in [-0.25, -0.2) is 4.79 Å². The van der Waals surface area contributed by atoms with Crippen LogP contribution in [0.4, 0.5) is 0 Å². The van der Waals surface area contributed by atoms with E-state index >= 15 is 0 Å². The molecule has 3 aromatic rings. The van der Waals surface area contributed by atoms with Gasteiger partial charge in [-0.15, -0.1) is 21.5 Å². The smallest absolute Gasteiger partial charge is 0.339 e. The highest BCUT2D eigenvalue weighted by atomic mass is 32.1. The van der Waals surface area contributed by atoms with Gasteiger partial charge >= 0.3 is 5.97 Å². The summed E-state index contributed by atoms with van der Waals surface area (Å²) in [4.78, 5) is 14.0. The topological polar surface area (TPSA) is 78.4 Å². The number of ether oxygens (including phenoxy) is 1. The van der Waals surface area contributed by atoms with Gasteiger partial charge in [0.05, 0.1) is 11.8 Å². The average molecular weight is 304 g/mol. The first-order chi connectivity index (χ1) is 10.1. The zero-order chi connectivity index (χ0) is 14.8. The molecule has 0 aliphatic rings. The maximum atomic E-state index is 12.0. The number of aryl methyl sites for hydroxylation is 2. The molecule has 0 radical (unpaired) electrons. The number of carbonyl (C=O) groups excluding carboxylic acids is 1. The van der Waals surface area contributed by atoms with Crippen LogP contribution in [0, 0.1) is 13.8 Å². The van der Waals surface area contributed by atoms with E-state index in [1.54, 1.807) is 23.5 Å². The van der Waals surface area contributed by atoms with Crippen molar-refractivity contribution in [3.63, 3.8) is 0 Å². The third-order valence-electron chi connectivity index (χ3n) is 2.79. The molecule has 0 saturated heterocycles. The Morgan fingerprint density at radius 2 is 2.24 bits per heavy atom. The molecule has 3 aromatic heterocycles. The third kappa shape index (κ3) is 2.87. The van der Waals surface area contributed by atoms with Gasteiger partial charge in [-0.3, -0.25) is 0 Å². The highest BCUT2D eigenvalue weighted by Gasteiger charge is 2.16. The van der Waals surface area contributed by atoms with Crippen LogP contribution in [0.2, 0.25) is 0 Å². The normalized spacial score (nSPS) is 10.8. The molecule has 21 heavy (non-hydrogen) atoms. The van der Waals surface area contributed by atoms with E-state index in [2.05, 4.69) is 10.2 Å². The van der Waals surface area contributed by atoms with Crippen molar-refractivity contribution in [1.29, 1.82) is 0 Å². The Hall–Kier alpha value is -2.41. The molecule has 0 aliphatic carbocycles. The van der Waals surface area contributed by atoms with E-state index in [1.807, 2.05) is 19.9 Å². The van der Waals surface area contributed by atoms with Crippen LogP contribution < -0.4 is 0 Å². The van der Waals surface area contributed by atoms with Gasteiger partial charge in [0.25, 0.3) is 11.8 Å². The highest BCUT2D eigenvalue weighted by Crippen LogP contribution is 2.22. The van der Waals surface area contributed by atoms with Crippen LogP contribution in [0.1, 0.15) is 26.0 Å². The number of hydrogen-bond donors (Lipinski definition) is 0. The summed E-state index contributed by atoms with van der Waals surface area (Å²) >= 11 is 1.56. The molecule has 0 saturated carbocycles. The van der Waals surface area contributed by atoms with Gasteiger partial charge in [0.1, 0.15) is 0 Å². The first kappa shape index (κ1) is 13.6.